The van der Waals surface area contributed by atoms with Crippen molar-refractivity contribution < 1.29 is 4.79 Å². The summed E-state index contributed by atoms with van der Waals surface area (Å²) in [7, 11) is 0. The van der Waals surface area contributed by atoms with Gasteiger partial charge in [-0.15, -0.1) is 0 Å². The largest absolute Gasteiger partial charge is 0.372 e. The SMILES string of the molecule is CCC(C)NC(=O)c1cncc(Nc2ccc(N(CC)CC)cc2C)c1. The van der Waals surface area contributed by atoms with Crippen molar-refractivity contribution in [2.75, 3.05) is 23.3 Å². The number of benzene rings is 1. The minimum Gasteiger partial charge on any atom is -0.372 e. The maximum Gasteiger partial charge on any atom is 0.253 e. The Balaban J connectivity index is 2.16. The Hall–Kier alpha value is -2.56. The Morgan fingerprint density at radius 2 is 1.88 bits per heavy atom. The Kier molecular flexibility index (Phi) is 7.01. The van der Waals surface area contributed by atoms with Crippen LogP contribution in [-0.4, -0.2) is 30.0 Å². The summed E-state index contributed by atoms with van der Waals surface area (Å²) in [4.78, 5) is 18.8. The highest BCUT2D eigenvalue weighted by atomic mass is 16.1. The third-order valence-corrected chi connectivity index (χ3v) is 4.61. The normalized spacial score (nSPS) is 11.7. The fourth-order valence-corrected chi connectivity index (χ4v) is 2.77. The number of pyridine rings is 1. The van der Waals surface area contributed by atoms with Gasteiger partial charge in [0, 0.05) is 36.7 Å². The molecule has 1 atom stereocenters. The first-order chi connectivity index (χ1) is 12.5. The molecular weight excluding hydrogens is 324 g/mol. The van der Waals surface area contributed by atoms with E-state index in [0.717, 1.165) is 36.4 Å². The first-order valence-corrected chi connectivity index (χ1v) is 9.36. The van der Waals surface area contributed by atoms with Crippen LogP contribution in [-0.2, 0) is 0 Å². The van der Waals surface area contributed by atoms with Gasteiger partial charge >= 0.3 is 0 Å². The van der Waals surface area contributed by atoms with Crippen LogP contribution < -0.4 is 15.5 Å². The molecule has 1 unspecified atom stereocenters. The zero-order valence-electron chi connectivity index (χ0n) is 16.5. The molecule has 0 radical (unpaired) electrons. The van der Waals surface area contributed by atoms with Crippen LogP contribution in [0, 0.1) is 6.92 Å². The Morgan fingerprint density at radius 1 is 1.15 bits per heavy atom. The van der Waals surface area contributed by atoms with E-state index in [1.165, 1.54) is 5.69 Å². The van der Waals surface area contributed by atoms with E-state index in [-0.39, 0.29) is 11.9 Å². The molecule has 26 heavy (non-hydrogen) atoms. The van der Waals surface area contributed by atoms with Gasteiger partial charge in [0.15, 0.2) is 0 Å². The lowest BCUT2D eigenvalue weighted by molar-refractivity contribution is 0.0939. The Bertz CT molecular complexity index is 741. The van der Waals surface area contributed by atoms with Crippen LogP contribution in [0.4, 0.5) is 17.1 Å². The monoisotopic (exact) mass is 354 g/mol. The van der Waals surface area contributed by atoms with Gasteiger partial charge in [-0.1, -0.05) is 6.92 Å². The predicted octanol–water partition coefficient (Wildman–Crippen LogP) is 4.51. The van der Waals surface area contributed by atoms with E-state index >= 15 is 0 Å². The minimum atomic E-state index is -0.0934. The highest BCUT2D eigenvalue weighted by Gasteiger charge is 2.10. The number of carbonyl (C=O) groups is 1. The van der Waals surface area contributed by atoms with Gasteiger partial charge in [-0.05, 0) is 63.9 Å². The van der Waals surface area contributed by atoms with Crippen LogP contribution in [0.1, 0.15) is 50.0 Å². The average molecular weight is 354 g/mol. The zero-order chi connectivity index (χ0) is 19.1. The number of amides is 1. The van der Waals surface area contributed by atoms with Gasteiger partial charge in [0.25, 0.3) is 5.91 Å². The van der Waals surface area contributed by atoms with Crippen LogP contribution in [0.15, 0.2) is 36.7 Å². The Morgan fingerprint density at radius 3 is 2.50 bits per heavy atom. The lowest BCUT2D eigenvalue weighted by Gasteiger charge is -2.22. The van der Waals surface area contributed by atoms with Crippen molar-refractivity contribution >= 4 is 23.0 Å². The number of carbonyl (C=O) groups excluding carboxylic acids is 1. The molecular formula is C21H30N4O. The van der Waals surface area contributed by atoms with Crippen molar-refractivity contribution in [2.45, 2.75) is 47.1 Å². The minimum absolute atomic E-state index is 0.0934. The molecule has 1 heterocycles. The van der Waals surface area contributed by atoms with Crippen molar-refractivity contribution in [3.63, 3.8) is 0 Å². The maximum absolute atomic E-state index is 12.3. The molecule has 0 saturated heterocycles. The van der Waals surface area contributed by atoms with Crippen LogP contribution in [0.3, 0.4) is 0 Å². The number of rotatable bonds is 8. The van der Waals surface area contributed by atoms with Crippen molar-refractivity contribution in [1.82, 2.24) is 10.3 Å². The molecule has 0 aliphatic rings. The molecule has 0 aliphatic carbocycles. The number of aromatic nitrogens is 1. The summed E-state index contributed by atoms with van der Waals surface area (Å²) < 4.78 is 0. The highest BCUT2D eigenvalue weighted by Crippen LogP contribution is 2.25. The van der Waals surface area contributed by atoms with E-state index in [1.54, 1.807) is 12.4 Å². The molecule has 0 bridgehead atoms. The summed E-state index contributed by atoms with van der Waals surface area (Å²) >= 11 is 0. The van der Waals surface area contributed by atoms with E-state index < -0.39 is 0 Å². The Labute approximate surface area is 156 Å². The van der Waals surface area contributed by atoms with Crippen molar-refractivity contribution in [2.24, 2.45) is 0 Å². The summed E-state index contributed by atoms with van der Waals surface area (Å²) in [5.74, 6) is -0.0934. The fraction of sp³-hybridized carbons (Fsp3) is 0.429. The van der Waals surface area contributed by atoms with Gasteiger partial charge in [0.1, 0.15) is 0 Å². The fourth-order valence-electron chi connectivity index (χ4n) is 2.77. The molecule has 5 nitrogen and oxygen atoms in total. The van der Waals surface area contributed by atoms with E-state index in [1.807, 2.05) is 19.9 Å². The molecule has 1 aromatic carbocycles. The van der Waals surface area contributed by atoms with Crippen molar-refractivity contribution in [1.29, 1.82) is 0 Å². The lowest BCUT2D eigenvalue weighted by atomic mass is 10.1. The molecule has 5 heteroatoms. The average Bonchev–Trinajstić information content (AvgIpc) is 2.65. The molecule has 0 spiro atoms. The zero-order valence-corrected chi connectivity index (χ0v) is 16.5. The van der Waals surface area contributed by atoms with Gasteiger partial charge < -0.3 is 15.5 Å². The second-order valence-corrected chi connectivity index (χ2v) is 6.54. The van der Waals surface area contributed by atoms with Gasteiger partial charge in [-0.2, -0.15) is 0 Å². The van der Waals surface area contributed by atoms with Crippen LogP contribution >= 0.6 is 0 Å². The van der Waals surface area contributed by atoms with Crippen LogP contribution in [0.5, 0.6) is 0 Å². The third kappa shape index (κ3) is 4.97. The van der Waals surface area contributed by atoms with Crippen LogP contribution in [0.2, 0.25) is 0 Å². The molecule has 2 aromatic rings. The molecule has 2 rings (SSSR count). The van der Waals surface area contributed by atoms with E-state index in [4.69, 9.17) is 0 Å². The number of nitrogens with zero attached hydrogens (tertiary/aromatic N) is 2. The van der Waals surface area contributed by atoms with Gasteiger partial charge in [-0.3, -0.25) is 9.78 Å². The summed E-state index contributed by atoms with van der Waals surface area (Å²) in [6.07, 6.45) is 4.23. The standard InChI is InChI=1S/C21H30N4O/c1-6-16(5)23-21(26)17-12-18(14-22-13-17)24-20-10-9-19(11-15(20)4)25(7-2)8-3/h9-14,16,24H,6-8H2,1-5H3,(H,23,26). The summed E-state index contributed by atoms with van der Waals surface area (Å²) in [5, 5.41) is 6.34. The lowest BCUT2D eigenvalue weighted by Crippen LogP contribution is -2.31. The summed E-state index contributed by atoms with van der Waals surface area (Å²) in [6, 6.07) is 8.36. The molecule has 140 valence electrons. The van der Waals surface area contributed by atoms with Gasteiger partial charge in [-0.25, -0.2) is 0 Å². The van der Waals surface area contributed by atoms with E-state index in [2.05, 4.69) is 59.5 Å². The molecule has 2 N–H and O–H groups in total. The number of aryl methyl sites for hydroxylation is 1. The number of anilines is 3. The number of nitrogens with one attached hydrogen (secondary N) is 2. The van der Waals surface area contributed by atoms with Crippen molar-refractivity contribution in [3.8, 4) is 0 Å². The van der Waals surface area contributed by atoms with E-state index in [0.29, 0.717) is 5.56 Å². The third-order valence-electron chi connectivity index (χ3n) is 4.61. The first kappa shape index (κ1) is 19.8. The molecule has 0 fully saturated rings. The topological polar surface area (TPSA) is 57.3 Å². The second-order valence-electron chi connectivity index (χ2n) is 6.54. The smallest absolute Gasteiger partial charge is 0.253 e. The maximum atomic E-state index is 12.3. The molecule has 1 aromatic heterocycles. The number of hydrogen-bond acceptors (Lipinski definition) is 4. The van der Waals surface area contributed by atoms with E-state index in [9.17, 15) is 4.79 Å². The molecule has 1 amide bonds. The van der Waals surface area contributed by atoms with Gasteiger partial charge in [0.05, 0.1) is 17.4 Å². The van der Waals surface area contributed by atoms with Crippen molar-refractivity contribution in [3.05, 3.63) is 47.8 Å². The number of hydrogen-bond donors (Lipinski definition) is 2. The first-order valence-electron chi connectivity index (χ1n) is 9.36. The predicted molar refractivity (Wildman–Crippen MR) is 109 cm³/mol. The van der Waals surface area contributed by atoms with Gasteiger partial charge in [0.2, 0.25) is 0 Å². The quantitative estimate of drug-likeness (QED) is 0.732. The highest BCUT2D eigenvalue weighted by molar-refractivity contribution is 5.95. The molecule has 0 aliphatic heterocycles. The second kappa shape index (κ2) is 9.22. The molecule has 0 saturated carbocycles. The van der Waals surface area contributed by atoms with Crippen LogP contribution in [0.25, 0.3) is 0 Å². The summed E-state index contributed by atoms with van der Waals surface area (Å²) in [5.41, 5.74) is 4.76. The summed E-state index contributed by atoms with van der Waals surface area (Å²) in [6.45, 7) is 12.4.